The minimum Gasteiger partial charge on any atom is -0.493 e. The first-order valence-corrected chi connectivity index (χ1v) is 11.0. The molecule has 1 aliphatic heterocycles. The predicted octanol–water partition coefficient (Wildman–Crippen LogP) is 2.16. The van der Waals surface area contributed by atoms with E-state index in [2.05, 4.69) is 5.32 Å². The average Bonchev–Trinajstić information content (AvgIpc) is 2.66. The van der Waals surface area contributed by atoms with E-state index in [1.165, 1.54) is 4.31 Å². The van der Waals surface area contributed by atoms with E-state index in [1.807, 2.05) is 32.0 Å². The third-order valence-electron chi connectivity index (χ3n) is 4.57. The highest BCUT2D eigenvalue weighted by Crippen LogP contribution is 2.29. The number of carbonyl (C=O) groups is 1. The minimum atomic E-state index is -3.26. The molecular weight excluding hydrogens is 368 g/mol. The van der Waals surface area contributed by atoms with Crippen molar-refractivity contribution in [3.8, 4) is 11.5 Å². The molecule has 0 aromatic heterocycles. The van der Waals surface area contributed by atoms with Crippen molar-refractivity contribution in [2.45, 2.75) is 46.3 Å². The van der Waals surface area contributed by atoms with E-state index in [9.17, 15) is 13.2 Å². The van der Waals surface area contributed by atoms with Crippen LogP contribution in [-0.4, -0.2) is 50.7 Å². The number of ether oxygens (including phenoxy) is 2. The summed E-state index contributed by atoms with van der Waals surface area (Å²) in [6.45, 7) is 6.62. The van der Waals surface area contributed by atoms with Crippen LogP contribution in [0.15, 0.2) is 18.2 Å². The Morgan fingerprint density at radius 2 is 2.07 bits per heavy atom. The molecule has 0 bridgehead atoms. The number of hydrogen-bond donors (Lipinski definition) is 1. The van der Waals surface area contributed by atoms with Crippen LogP contribution in [0, 0.1) is 5.92 Å². The molecule has 1 heterocycles. The smallest absolute Gasteiger partial charge is 0.224 e. The zero-order valence-corrected chi connectivity index (χ0v) is 17.3. The molecule has 0 radical (unpaired) electrons. The minimum absolute atomic E-state index is 0.0399. The number of sulfonamides is 1. The second-order valence-electron chi connectivity index (χ2n) is 6.97. The molecular formula is C19H30N2O5S. The van der Waals surface area contributed by atoms with Crippen molar-refractivity contribution >= 4 is 15.9 Å². The van der Waals surface area contributed by atoms with Gasteiger partial charge in [-0.3, -0.25) is 4.79 Å². The van der Waals surface area contributed by atoms with Gasteiger partial charge in [0, 0.05) is 19.6 Å². The van der Waals surface area contributed by atoms with Gasteiger partial charge in [0.05, 0.1) is 24.9 Å². The van der Waals surface area contributed by atoms with Crippen molar-refractivity contribution in [1.29, 1.82) is 0 Å². The highest BCUT2D eigenvalue weighted by molar-refractivity contribution is 7.89. The number of nitrogens with zero attached hydrogens (tertiary/aromatic N) is 1. The number of piperidine rings is 1. The summed E-state index contributed by atoms with van der Waals surface area (Å²) in [5, 5.41) is 2.91. The van der Waals surface area contributed by atoms with Crippen LogP contribution in [0.1, 0.15) is 39.2 Å². The average molecular weight is 399 g/mol. The lowest BCUT2D eigenvalue weighted by molar-refractivity contribution is -0.126. The maximum atomic E-state index is 12.5. The number of hydrogen-bond acceptors (Lipinski definition) is 5. The van der Waals surface area contributed by atoms with Gasteiger partial charge in [-0.25, -0.2) is 12.7 Å². The van der Waals surface area contributed by atoms with Gasteiger partial charge in [-0.05, 0) is 51.3 Å². The van der Waals surface area contributed by atoms with Crippen molar-refractivity contribution in [3.05, 3.63) is 23.8 Å². The van der Waals surface area contributed by atoms with Gasteiger partial charge in [-0.15, -0.1) is 0 Å². The fraction of sp³-hybridized carbons (Fsp3) is 0.632. The number of amides is 1. The van der Waals surface area contributed by atoms with Crippen LogP contribution in [0.4, 0.5) is 0 Å². The van der Waals surface area contributed by atoms with Crippen molar-refractivity contribution in [2.75, 3.05) is 26.0 Å². The highest BCUT2D eigenvalue weighted by atomic mass is 32.2. The van der Waals surface area contributed by atoms with Gasteiger partial charge >= 0.3 is 0 Å². The Morgan fingerprint density at radius 3 is 2.70 bits per heavy atom. The summed E-state index contributed by atoms with van der Waals surface area (Å²) in [7, 11) is -1.68. The molecule has 1 N–H and O–H groups in total. The van der Waals surface area contributed by atoms with Crippen molar-refractivity contribution in [2.24, 2.45) is 5.92 Å². The third-order valence-corrected chi connectivity index (χ3v) is 6.42. The Bertz CT molecular complexity index is 748. The van der Waals surface area contributed by atoms with Gasteiger partial charge in [0.15, 0.2) is 11.5 Å². The maximum absolute atomic E-state index is 12.5. The van der Waals surface area contributed by atoms with E-state index >= 15 is 0 Å². The summed E-state index contributed by atoms with van der Waals surface area (Å²) < 4.78 is 36.6. The molecule has 8 heteroatoms. The van der Waals surface area contributed by atoms with Gasteiger partial charge in [-0.1, -0.05) is 6.07 Å². The zero-order chi connectivity index (χ0) is 20.0. The SMILES string of the molecule is CCS(=O)(=O)N1CCC[C@@H](C(=O)NCc2ccc(OC(C)C)c(OC)c2)C1. The number of rotatable bonds is 8. The van der Waals surface area contributed by atoms with E-state index in [4.69, 9.17) is 9.47 Å². The normalized spacial score (nSPS) is 18.3. The first-order valence-electron chi connectivity index (χ1n) is 9.36. The first kappa shape index (κ1) is 21.5. The van der Waals surface area contributed by atoms with Crippen LogP contribution in [0.3, 0.4) is 0 Å². The molecule has 0 saturated carbocycles. The fourth-order valence-corrected chi connectivity index (χ4v) is 4.28. The van der Waals surface area contributed by atoms with Crippen molar-refractivity contribution < 1.29 is 22.7 Å². The number of nitrogens with one attached hydrogen (secondary N) is 1. The van der Waals surface area contributed by atoms with Crippen LogP contribution in [-0.2, 0) is 21.4 Å². The molecule has 1 aromatic rings. The Kier molecular flexibility index (Phi) is 7.49. The first-order chi connectivity index (χ1) is 12.8. The van der Waals surface area contributed by atoms with Crippen LogP contribution in [0.5, 0.6) is 11.5 Å². The van der Waals surface area contributed by atoms with Gasteiger partial charge < -0.3 is 14.8 Å². The Balaban J connectivity index is 1.97. The molecule has 1 atom stereocenters. The third kappa shape index (κ3) is 5.84. The highest BCUT2D eigenvalue weighted by Gasteiger charge is 2.31. The molecule has 2 rings (SSSR count). The standard InChI is InChI=1S/C19H30N2O5S/c1-5-27(23,24)21-10-6-7-16(13-21)19(22)20-12-15-8-9-17(26-14(2)3)18(11-15)25-4/h8-9,11,14,16H,5-7,10,12-13H2,1-4H3,(H,20,22)/t16-/m1/s1. The Hall–Kier alpha value is -1.80. The second-order valence-corrected chi connectivity index (χ2v) is 9.22. The molecule has 1 fully saturated rings. The molecule has 7 nitrogen and oxygen atoms in total. The maximum Gasteiger partial charge on any atom is 0.224 e. The lowest BCUT2D eigenvalue weighted by atomic mass is 9.98. The molecule has 1 saturated heterocycles. The fourth-order valence-electron chi connectivity index (χ4n) is 3.10. The summed E-state index contributed by atoms with van der Waals surface area (Å²) >= 11 is 0. The van der Waals surface area contributed by atoms with Crippen LogP contribution >= 0.6 is 0 Å². The molecule has 1 aliphatic rings. The van der Waals surface area contributed by atoms with Gasteiger partial charge in [0.25, 0.3) is 0 Å². The Morgan fingerprint density at radius 1 is 1.33 bits per heavy atom. The summed E-state index contributed by atoms with van der Waals surface area (Å²) in [5.41, 5.74) is 0.894. The molecule has 0 spiro atoms. The lowest BCUT2D eigenvalue weighted by Crippen LogP contribution is -2.45. The van der Waals surface area contributed by atoms with E-state index in [0.29, 0.717) is 37.4 Å². The van der Waals surface area contributed by atoms with E-state index in [-0.39, 0.29) is 30.2 Å². The van der Waals surface area contributed by atoms with Gasteiger partial charge in [0.2, 0.25) is 15.9 Å². The van der Waals surface area contributed by atoms with Crippen LogP contribution in [0.2, 0.25) is 0 Å². The summed E-state index contributed by atoms with van der Waals surface area (Å²) in [4.78, 5) is 12.5. The van der Waals surface area contributed by atoms with Crippen molar-refractivity contribution in [1.82, 2.24) is 9.62 Å². The Labute approximate surface area is 162 Å². The molecule has 1 aromatic carbocycles. The molecule has 0 aliphatic carbocycles. The predicted molar refractivity (Wildman–Crippen MR) is 104 cm³/mol. The molecule has 1 amide bonds. The zero-order valence-electron chi connectivity index (χ0n) is 16.5. The topological polar surface area (TPSA) is 84.9 Å². The number of benzene rings is 1. The molecule has 0 unspecified atom stereocenters. The van der Waals surface area contributed by atoms with E-state index in [1.54, 1.807) is 14.0 Å². The molecule has 152 valence electrons. The second kappa shape index (κ2) is 9.41. The summed E-state index contributed by atoms with van der Waals surface area (Å²) in [6.07, 6.45) is 1.44. The quantitative estimate of drug-likeness (QED) is 0.725. The monoisotopic (exact) mass is 398 g/mol. The lowest BCUT2D eigenvalue weighted by Gasteiger charge is -2.30. The summed E-state index contributed by atoms with van der Waals surface area (Å²) in [6, 6.07) is 5.55. The molecule has 27 heavy (non-hydrogen) atoms. The largest absolute Gasteiger partial charge is 0.493 e. The van der Waals surface area contributed by atoms with E-state index < -0.39 is 10.0 Å². The van der Waals surface area contributed by atoms with Crippen LogP contribution < -0.4 is 14.8 Å². The number of methoxy groups -OCH3 is 1. The van der Waals surface area contributed by atoms with Crippen LogP contribution in [0.25, 0.3) is 0 Å². The van der Waals surface area contributed by atoms with E-state index in [0.717, 1.165) is 5.56 Å². The van der Waals surface area contributed by atoms with Crippen molar-refractivity contribution in [3.63, 3.8) is 0 Å². The van der Waals surface area contributed by atoms with Gasteiger partial charge in [-0.2, -0.15) is 0 Å². The summed E-state index contributed by atoms with van der Waals surface area (Å²) in [5.74, 6) is 0.910. The number of carbonyl (C=O) groups excluding carboxylic acids is 1. The van der Waals surface area contributed by atoms with Gasteiger partial charge in [0.1, 0.15) is 0 Å².